The largest absolute Gasteiger partial charge is 0.346 e. The summed E-state index contributed by atoms with van der Waals surface area (Å²) in [6.45, 7) is 11.7. The molecule has 1 heterocycles. The number of hydrogen-bond donors (Lipinski definition) is 0. The highest BCUT2D eigenvalue weighted by atomic mass is 19.1. The highest BCUT2D eigenvalue weighted by molar-refractivity contribution is 5.96. The summed E-state index contributed by atoms with van der Waals surface area (Å²) in [6.07, 6.45) is 6.09. The zero-order valence-electron chi connectivity index (χ0n) is 14.3. The van der Waals surface area contributed by atoms with Crippen LogP contribution >= 0.6 is 0 Å². The molecule has 0 saturated heterocycles. The lowest BCUT2D eigenvalue weighted by molar-refractivity contribution is 0.112. The average Bonchev–Trinajstić information content (AvgIpc) is 2.85. The van der Waals surface area contributed by atoms with Crippen molar-refractivity contribution >= 4 is 11.9 Å². The molecule has 0 aliphatic carbocycles. The van der Waals surface area contributed by atoms with E-state index in [9.17, 15) is 9.18 Å². The van der Waals surface area contributed by atoms with Crippen LogP contribution < -0.4 is 0 Å². The Bertz CT molecular complexity index is 807. The fraction of sp³-hybridized carbons (Fsp3) is 0.190. The number of nitrogens with zero attached hydrogens (tertiary/aromatic N) is 1. The van der Waals surface area contributed by atoms with Crippen LogP contribution in [0.3, 0.4) is 0 Å². The van der Waals surface area contributed by atoms with Crippen molar-refractivity contribution in [1.82, 2.24) is 4.57 Å². The molecular weight excluding hydrogens is 301 g/mol. The van der Waals surface area contributed by atoms with Crippen LogP contribution in [0.2, 0.25) is 0 Å². The number of halogens is 1. The summed E-state index contributed by atoms with van der Waals surface area (Å²) in [6, 6.07) is 6.29. The van der Waals surface area contributed by atoms with E-state index in [4.69, 9.17) is 0 Å². The summed E-state index contributed by atoms with van der Waals surface area (Å²) in [5.74, 6) is -0.127. The number of carbonyl (C=O) groups excluding carboxylic acids is 1. The summed E-state index contributed by atoms with van der Waals surface area (Å²) in [5, 5.41) is 0. The number of aldehydes is 1. The number of allylic oxidation sites excluding steroid dienone is 4. The van der Waals surface area contributed by atoms with Crippen LogP contribution in [0.4, 0.5) is 4.39 Å². The zero-order chi connectivity index (χ0) is 17.9. The average molecular weight is 323 g/mol. The van der Waals surface area contributed by atoms with E-state index >= 15 is 0 Å². The van der Waals surface area contributed by atoms with Crippen molar-refractivity contribution in [1.29, 1.82) is 0 Å². The van der Waals surface area contributed by atoms with Crippen molar-refractivity contribution < 1.29 is 9.18 Å². The molecule has 0 N–H and O–H groups in total. The van der Waals surface area contributed by atoms with Crippen LogP contribution in [0.5, 0.6) is 0 Å². The Morgan fingerprint density at radius 3 is 2.29 bits per heavy atom. The molecular formula is C21H22FNO. The van der Waals surface area contributed by atoms with E-state index in [1.54, 1.807) is 24.3 Å². The molecule has 0 bridgehead atoms. The van der Waals surface area contributed by atoms with E-state index in [2.05, 4.69) is 13.2 Å². The second kappa shape index (κ2) is 7.26. The first kappa shape index (κ1) is 17.7. The van der Waals surface area contributed by atoms with Gasteiger partial charge in [-0.1, -0.05) is 45.2 Å². The summed E-state index contributed by atoms with van der Waals surface area (Å²) in [7, 11) is 1.93. The summed E-state index contributed by atoms with van der Waals surface area (Å²) < 4.78 is 15.3. The molecule has 0 saturated carbocycles. The van der Waals surface area contributed by atoms with Gasteiger partial charge in [-0.3, -0.25) is 4.79 Å². The summed E-state index contributed by atoms with van der Waals surface area (Å²) in [5.41, 5.74) is 4.91. The predicted octanol–water partition coefficient (Wildman–Crippen LogP) is 5.52. The van der Waals surface area contributed by atoms with E-state index in [0.717, 1.165) is 34.4 Å². The van der Waals surface area contributed by atoms with Gasteiger partial charge in [0.15, 0.2) is 6.29 Å². The maximum Gasteiger partial charge on any atom is 0.152 e. The van der Waals surface area contributed by atoms with Gasteiger partial charge in [-0.15, -0.1) is 0 Å². The van der Waals surface area contributed by atoms with Crippen molar-refractivity contribution in [2.45, 2.75) is 19.8 Å². The second-order valence-electron chi connectivity index (χ2n) is 5.92. The van der Waals surface area contributed by atoms with Crippen molar-refractivity contribution in [3.8, 4) is 11.3 Å². The summed E-state index contributed by atoms with van der Waals surface area (Å²) >= 11 is 0. The Kier molecular flexibility index (Phi) is 5.35. The van der Waals surface area contributed by atoms with E-state index in [1.807, 2.05) is 31.5 Å². The molecule has 0 unspecified atom stereocenters. The molecule has 2 nitrogen and oxygen atoms in total. The lowest BCUT2D eigenvalue weighted by atomic mass is 9.95. The molecule has 2 rings (SSSR count). The predicted molar refractivity (Wildman–Crippen MR) is 98.7 cm³/mol. The molecule has 0 fully saturated rings. The van der Waals surface area contributed by atoms with Crippen molar-refractivity contribution in [2.24, 2.45) is 7.05 Å². The van der Waals surface area contributed by atoms with Crippen molar-refractivity contribution in [2.75, 3.05) is 0 Å². The molecule has 1 aromatic heterocycles. The number of rotatable bonds is 6. The molecule has 0 aliphatic rings. The molecule has 0 aliphatic heterocycles. The topological polar surface area (TPSA) is 22.0 Å². The van der Waals surface area contributed by atoms with E-state index in [-0.39, 0.29) is 11.7 Å². The lowest BCUT2D eigenvalue weighted by Crippen LogP contribution is -2.02. The third-order valence-corrected chi connectivity index (χ3v) is 4.07. The standard InChI is InChI=1S/C21H22FNO/c1-6-8-15(7-2)19-18(13-24)20(14(3)4)23(5)21(19)16-9-11-17(22)12-10-16/h6-14H,1-2H2,3-5H3/b15-8+. The Morgan fingerprint density at radius 2 is 1.83 bits per heavy atom. The van der Waals surface area contributed by atoms with Gasteiger partial charge in [-0.25, -0.2) is 4.39 Å². The molecule has 0 spiro atoms. The van der Waals surface area contributed by atoms with Gasteiger partial charge in [-0.2, -0.15) is 0 Å². The summed E-state index contributed by atoms with van der Waals surface area (Å²) in [4.78, 5) is 11.9. The smallest absolute Gasteiger partial charge is 0.152 e. The molecule has 0 radical (unpaired) electrons. The quantitative estimate of drug-likeness (QED) is 0.506. The minimum atomic E-state index is -0.292. The second-order valence-corrected chi connectivity index (χ2v) is 5.92. The van der Waals surface area contributed by atoms with Crippen LogP contribution in [-0.4, -0.2) is 10.9 Å². The highest BCUT2D eigenvalue weighted by Gasteiger charge is 2.24. The third-order valence-electron chi connectivity index (χ3n) is 4.07. The molecule has 124 valence electrons. The zero-order valence-corrected chi connectivity index (χ0v) is 14.3. The molecule has 24 heavy (non-hydrogen) atoms. The minimum absolute atomic E-state index is 0.165. The van der Waals surface area contributed by atoms with E-state index in [0.29, 0.717) is 5.56 Å². The van der Waals surface area contributed by atoms with Crippen LogP contribution in [0.25, 0.3) is 16.8 Å². The van der Waals surface area contributed by atoms with Gasteiger partial charge in [0, 0.05) is 23.9 Å². The monoisotopic (exact) mass is 323 g/mol. The fourth-order valence-electron chi connectivity index (χ4n) is 3.16. The molecule has 2 aromatic rings. The Hall–Kier alpha value is -2.68. The number of carbonyl (C=O) groups is 1. The van der Waals surface area contributed by atoms with Crippen LogP contribution in [0.1, 0.15) is 41.4 Å². The Morgan fingerprint density at radius 1 is 1.21 bits per heavy atom. The van der Waals surface area contributed by atoms with E-state index < -0.39 is 0 Å². The van der Waals surface area contributed by atoms with Crippen LogP contribution in [0.15, 0.2) is 55.7 Å². The number of aromatic nitrogens is 1. The van der Waals surface area contributed by atoms with E-state index in [1.165, 1.54) is 12.1 Å². The van der Waals surface area contributed by atoms with Gasteiger partial charge in [-0.05, 0) is 41.3 Å². The van der Waals surface area contributed by atoms with Gasteiger partial charge in [0.05, 0.1) is 5.69 Å². The minimum Gasteiger partial charge on any atom is -0.346 e. The van der Waals surface area contributed by atoms with Gasteiger partial charge < -0.3 is 4.57 Å². The first-order chi connectivity index (χ1) is 11.5. The SMILES string of the molecule is C=C/C=C(\C=C)c1c(C=O)c(C(C)C)n(C)c1-c1ccc(F)cc1. The van der Waals surface area contributed by atoms with Crippen LogP contribution in [0, 0.1) is 5.82 Å². The highest BCUT2D eigenvalue weighted by Crippen LogP contribution is 2.38. The molecule has 0 amide bonds. The van der Waals surface area contributed by atoms with Gasteiger partial charge in [0.2, 0.25) is 0 Å². The fourth-order valence-corrected chi connectivity index (χ4v) is 3.16. The van der Waals surface area contributed by atoms with Crippen molar-refractivity contribution in [3.63, 3.8) is 0 Å². The first-order valence-corrected chi connectivity index (χ1v) is 7.85. The first-order valence-electron chi connectivity index (χ1n) is 7.85. The normalized spacial score (nSPS) is 11.6. The molecule has 0 atom stereocenters. The van der Waals surface area contributed by atoms with Gasteiger partial charge in [0.1, 0.15) is 5.82 Å². The Balaban J connectivity index is 2.93. The molecule has 3 heteroatoms. The Labute approximate surface area is 142 Å². The number of hydrogen-bond acceptors (Lipinski definition) is 1. The van der Waals surface area contributed by atoms with Gasteiger partial charge >= 0.3 is 0 Å². The van der Waals surface area contributed by atoms with Crippen molar-refractivity contribution in [3.05, 3.63) is 78.3 Å². The lowest BCUT2D eigenvalue weighted by Gasteiger charge is -2.11. The van der Waals surface area contributed by atoms with Crippen LogP contribution in [-0.2, 0) is 7.05 Å². The molecule has 1 aromatic carbocycles. The maximum atomic E-state index is 13.3. The maximum absolute atomic E-state index is 13.3. The van der Waals surface area contributed by atoms with Gasteiger partial charge in [0.25, 0.3) is 0 Å². The third kappa shape index (κ3) is 3.02. The number of benzene rings is 1.